The maximum Gasteiger partial charge on any atom is 0.226 e. The van der Waals surface area contributed by atoms with Crippen LogP contribution >= 0.6 is 23.2 Å². The zero-order valence-corrected chi connectivity index (χ0v) is 18.4. The first-order valence-electron chi connectivity index (χ1n) is 9.60. The third-order valence-electron chi connectivity index (χ3n) is 5.09. The fourth-order valence-electron chi connectivity index (χ4n) is 3.31. The lowest BCUT2D eigenvalue weighted by Gasteiger charge is -2.23. The van der Waals surface area contributed by atoms with Crippen molar-refractivity contribution in [3.63, 3.8) is 0 Å². The largest absolute Gasteiger partial charge is 0.344 e. The first-order valence-corrected chi connectivity index (χ1v) is 10.4. The van der Waals surface area contributed by atoms with Gasteiger partial charge in [0.05, 0.1) is 15.7 Å². The van der Waals surface area contributed by atoms with Crippen molar-refractivity contribution in [1.82, 2.24) is 5.32 Å². The fourth-order valence-corrected chi connectivity index (χ4v) is 3.60. The Kier molecular flexibility index (Phi) is 6.66. The lowest BCUT2D eigenvalue weighted by molar-refractivity contribution is -0.118. The number of anilines is 1. The van der Waals surface area contributed by atoms with Gasteiger partial charge >= 0.3 is 0 Å². The molecule has 2 aromatic rings. The van der Waals surface area contributed by atoms with E-state index >= 15 is 0 Å². The van der Waals surface area contributed by atoms with Crippen LogP contribution in [0.25, 0.3) is 5.70 Å². The predicted octanol–water partition coefficient (Wildman–Crippen LogP) is 6.38. The summed E-state index contributed by atoms with van der Waals surface area (Å²) in [5.74, 6) is 1.23. The Morgan fingerprint density at radius 3 is 2.69 bits per heavy atom. The summed E-state index contributed by atoms with van der Waals surface area (Å²) in [6.07, 6.45) is 1.97. The molecule has 1 aliphatic rings. The number of fused-ring (bicyclic) bond motifs is 1. The molecule has 0 aliphatic carbocycles. The highest BCUT2D eigenvalue weighted by Crippen LogP contribution is 2.30. The van der Waals surface area contributed by atoms with E-state index in [4.69, 9.17) is 28.2 Å². The molecule has 4 nitrogen and oxygen atoms in total. The summed E-state index contributed by atoms with van der Waals surface area (Å²) in [6.45, 7) is 8.31. The van der Waals surface area contributed by atoms with Crippen LogP contribution < -0.4 is 10.2 Å². The topological polar surface area (TPSA) is 44.7 Å². The van der Waals surface area contributed by atoms with Crippen LogP contribution in [0.2, 0.25) is 10.0 Å². The van der Waals surface area contributed by atoms with E-state index in [1.54, 1.807) is 30.1 Å². The summed E-state index contributed by atoms with van der Waals surface area (Å²) in [6, 6.07) is 11.4. The molecule has 0 radical (unpaired) electrons. The monoisotopic (exact) mass is 429 g/mol. The SMILES string of the molecule is C=C1NC(CC(C)CCC(=O)N(C)c2ccc(Cl)c(Cl)c2)=Nc2ccc(C)cc21. The second kappa shape index (κ2) is 9.02. The lowest BCUT2D eigenvalue weighted by atomic mass is 9.98. The number of hydrogen-bond acceptors (Lipinski definition) is 3. The van der Waals surface area contributed by atoms with E-state index in [0.29, 0.717) is 22.4 Å². The van der Waals surface area contributed by atoms with Gasteiger partial charge in [0.1, 0.15) is 5.84 Å². The molecule has 0 fully saturated rings. The molecule has 0 aromatic heterocycles. The van der Waals surface area contributed by atoms with E-state index in [2.05, 4.69) is 37.9 Å². The third kappa shape index (κ3) is 5.20. The molecule has 2 aromatic carbocycles. The Balaban J connectivity index is 1.57. The van der Waals surface area contributed by atoms with Crippen LogP contribution in [0.15, 0.2) is 48.0 Å². The van der Waals surface area contributed by atoms with Gasteiger partial charge in [-0.1, -0.05) is 48.3 Å². The number of nitrogens with one attached hydrogen (secondary N) is 1. The van der Waals surface area contributed by atoms with Gasteiger partial charge in [0.2, 0.25) is 5.91 Å². The third-order valence-corrected chi connectivity index (χ3v) is 5.82. The van der Waals surface area contributed by atoms with E-state index < -0.39 is 0 Å². The van der Waals surface area contributed by atoms with E-state index in [0.717, 1.165) is 41.3 Å². The number of halogens is 2. The lowest BCUT2D eigenvalue weighted by Crippen LogP contribution is -2.28. The molecule has 1 N–H and O–H groups in total. The number of amidine groups is 1. The zero-order valence-electron chi connectivity index (χ0n) is 16.9. The van der Waals surface area contributed by atoms with Crippen molar-refractivity contribution < 1.29 is 4.79 Å². The fraction of sp³-hybridized carbons (Fsp3) is 0.304. The first-order chi connectivity index (χ1) is 13.7. The average Bonchev–Trinajstić information content (AvgIpc) is 2.68. The second-order valence-electron chi connectivity index (χ2n) is 7.58. The molecule has 1 heterocycles. The van der Waals surface area contributed by atoms with E-state index in [1.807, 2.05) is 6.07 Å². The molecular weight excluding hydrogens is 405 g/mol. The standard InChI is InChI=1S/C23H25Cl2N3O/c1-14-5-9-21-18(11-14)16(3)26-22(27-21)12-15(2)6-10-23(29)28(4)17-7-8-19(24)20(25)13-17/h5,7-9,11,13,15H,3,6,10,12H2,1-2,4H3,(H,26,27). The number of amides is 1. The van der Waals surface area contributed by atoms with Gasteiger partial charge in [0.15, 0.2) is 0 Å². The second-order valence-corrected chi connectivity index (χ2v) is 8.40. The molecular formula is C23H25Cl2N3O. The number of nitrogens with zero attached hydrogens (tertiary/aromatic N) is 2. The molecule has 1 atom stereocenters. The number of benzene rings is 2. The minimum absolute atomic E-state index is 0.0408. The van der Waals surface area contributed by atoms with Gasteiger partial charge in [-0.05, 0) is 49.6 Å². The summed E-state index contributed by atoms with van der Waals surface area (Å²) >= 11 is 12.0. The number of hydrogen-bond donors (Lipinski definition) is 1. The molecule has 1 unspecified atom stereocenters. The molecule has 29 heavy (non-hydrogen) atoms. The number of rotatable bonds is 6. The van der Waals surface area contributed by atoms with Gasteiger partial charge in [0, 0.05) is 36.8 Å². The molecule has 3 rings (SSSR count). The van der Waals surface area contributed by atoms with Gasteiger partial charge in [-0.3, -0.25) is 4.79 Å². The number of carbonyl (C=O) groups excluding carboxylic acids is 1. The average molecular weight is 430 g/mol. The van der Waals surface area contributed by atoms with Gasteiger partial charge in [0.25, 0.3) is 0 Å². The summed E-state index contributed by atoms with van der Waals surface area (Å²) in [7, 11) is 1.75. The van der Waals surface area contributed by atoms with Crippen LogP contribution in [-0.2, 0) is 4.79 Å². The van der Waals surface area contributed by atoms with Gasteiger partial charge in [-0.15, -0.1) is 0 Å². The van der Waals surface area contributed by atoms with Crippen molar-refractivity contribution in [2.45, 2.75) is 33.1 Å². The van der Waals surface area contributed by atoms with Crippen molar-refractivity contribution in [3.05, 3.63) is 64.1 Å². The van der Waals surface area contributed by atoms with E-state index in [-0.39, 0.29) is 5.91 Å². The number of aliphatic imine (C=N–C) groups is 1. The minimum atomic E-state index is 0.0408. The highest BCUT2D eigenvalue weighted by molar-refractivity contribution is 6.42. The molecule has 0 bridgehead atoms. The maximum atomic E-state index is 12.6. The number of carbonyl (C=O) groups is 1. The van der Waals surface area contributed by atoms with E-state index in [1.165, 1.54) is 5.56 Å². The van der Waals surface area contributed by atoms with Crippen molar-refractivity contribution in [2.75, 3.05) is 11.9 Å². The molecule has 1 aliphatic heterocycles. The smallest absolute Gasteiger partial charge is 0.226 e. The van der Waals surface area contributed by atoms with Gasteiger partial charge in [-0.25, -0.2) is 4.99 Å². The summed E-state index contributed by atoms with van der Waals surface area (Å²) < 4.78 is 0. The minimum Gasteiger partial charge on any atom is -0.344 e. The highest BCUT2D eigenvalue weighted by Gasteiger charge is 2.18. The normalized spacial score (nSPS) is 14.0. The molecule has 6 heteroatoms. The predicted molar refractivity (Wildman–Crippen MR) is 123 cm³/mol. The summed E-state index contributed by atoms with van der Waals surface area (Å²) in [4.78, 5) is 18.9. The molecule has 0 spiro atoms. The molecule has 152 valence electrons. The first kappa shape index (κ1) is 21.4. The molecule has 0 saturated heterocycles. The Labute approximate surface area is 182 Å². The maximum absolute atomic E-state index is 12.6. The Morgan fingerprint density at radius 1 is 1.21 bits per heavy atom. The van der Waals surface area contributed by atoms with Crippen molar-refractivity contribution in [2.24, 2.45) is 10.9 Å². The van der Waals surface area contributed by atoms with E-state index in [9.17, 15) is 4.79 Å². The van der Waals surface area contributed by atoms with Crippen LogP contribution in [-0.4, -0.2) is 18.8 Å². The van der Waals surface area contributed by atoms with Gasteiger partial charge < -0.3 is 10.2 Å². The Bertz CT molecular complexity index is 984. The Morgan fingerprint density at radius 2 is 1.97 bits per heavy atom. The molecule has 0 saturated carbocycles. The Hall–Kier alpha value is -2.30. The van der Waals surface area contributed by atoms with Crippen LogP contribution in [0.3, 0.4) is 0 Å². The number of aryl methyl sites for hydroxylation is 1. The summed E-state index contributed by atoms with van der Waals surface area (Å²) in [5, 5.41) is 4.23. The van der Waals surface area contributed by atoms with Crippen molar-refractivity contribution in [3.8, 4) is 0 Å². The van der Waals surface area contributed by atoms with Crippen molar-refractivity contribution in [1.29, 1.82) is 0 Å². The van der Waals surface area contributed by atoms with Crippen LogP contribution in [0.1, 0.15) is 37.3 Å². The van der Waals surface area contributed by atoms with Crippen LogP contribution in [0, 0.1) is 12.8 Å². The van der Waals surface area contributed by atoms with Crippen LogP contribution in [0.5, 0.6) is 0 Å². The quantitative estimate of drug-likeness (QED) is 0.578. The summed E-state index contributed by atoms with van der Waals surface area (Å²) in [5.41, 5.74) is 4.77. The van der Waals surface area contributed by atoms with Crippen LogP contribution in [0.4, 0.5) is 11.4 Å². The zero-order chi connectivity index (χ0) is 21.1. The highest BCUT2D eigenvalue weighted by atomic mass is 35.5. The van der Waals surface area contributed by atoms with Crippen molar-refractivity contribution >= 4 is 52.0 Å². The molecule has 1 amide bonds. The van der Waals surface area contributed by atoms with Gasteiger partial charge in [-0.2, -0.15) is 0 Å².